The topological polar surface area (TPSA) is 74.7 Å². The molecular weight excluding hydrogens is 306 g/mol. The maximum Gasteiger partial charge on any atom is 0.335 e. The number of hydrogen-bond acceptors (Lipinski definition) is 3. The van der Waals surface area contributed by atoms with E-state index < -0.39 is 5.97 Å². The van der Waals surface area contributed by atoms with Gasteiger partial charge in [-0.1, -0.05) is 34.1 Å². The number of nitrogens with zero attached hydrogens (tertiary/aromatic N) is 1. The van der Waals surface area contributed by atoms with Gasteiger partial charge in [-0.25, -0.2) is 4.79 Å². The van der Waals surface area contributed by atoms with Gasteiger partial charge in [0.1, 0.15) is 0 Å². The number of carbonyl (C=O) groups is 3. The Hall–Kier alpha value is -2.17. The first kappa shape index (κ1) is 18.2. The molecule has 0 fully saturated rings. The highest BCUT2D eigenvalue weighted by Crippen LogP contribution is 2.39. The van der Waals surface area contributed by atoms with Crippen LogP contribution in [0.5, 0.6) is 0 Å². The molecule has 2 amide bonds. The Labute approximate surface area is 142 Å². The van der Waals surface area contributed by atoms with Crippen molar-refractivity contribution in [2.24, 2.45) is 11.3 Å². The van der Waals surface area contributed by atoms with E-state index in [1.807, 2.05) is 0 Å². The van der Waals surface area contributed by atoms with Gasteiger partial charge in [0.2, 0.25) is 0 Å². The van der Waals surface area contributed by atoms with Crippen LogP contribution in [0.4, 0.5) is 0 Å². The molecule has 0 aromatic heterocycles. The zero-order valence-corrected chi connectivity index (χ0v) is 14.8. The Bertz CT molecular complexity index is 676. The normalized spacial score (nSPS) is 15.6. The quantitative estimate of drug-likeness (QED) is 0.770. The molecule has 1 aliphatic rings. The molecule has 0 unspecified atom stereocenters. The third kappa shape index (κ3) is 2.83. The number of fused-ring (bicyclic) bond motifs is 1. The summed E-state index contributed by atoms with van der Waals surface area (Å²) in [5.41, 5.74) is 0.411. The van der Waals surface area contributed by atoms with E-state index in [0.717, 1.165) is 19.3 Å². The third-order valence-electron chi connectivity index (χ3n) is 5.76. The molecule has 0 spiro atoms. The van der Waals surface area contributed by atoms with Crippen LogP contribution in [-0.2, 0) is 0 Å². The second-order valence-electron chi connectivity index (χ2n) is 6.64. The summed E-state index contributed by atoms with van der Waals surface area (Å²) in [6, 6.07) is 4.12. The minimum absolute atomic E-state index is 0.0240. The van der Waals surface area contributed by atoms with Gasteiger partial charge in [-0.2, -0.15) is 0 Å². The van der Waals surface area contributed by atoms with E-state index in [1.165, 1.54) is 23.1 Å². The molecule has 1 heterocycles. The fourth-order valence-corrected chi connectivity index (χ4v) is 3.64. The monoisotopic (exact) mass is 331 g/mol. The molecule has 1 atom stereocenters. The van der Waals surface area contributed by atoms with Crippen LogP contribution in [0.1, 0.15) is 78.0 Å². The summed E-state index contributed by atoms with van der Waals surface area (Å²) in [6.45, 7) is 8.84. The van der Waals surface area contributed by atoms with Crippen molar-refractivity contribution in [1.29, 1.82) is 0 Å². The first-order valence-corrected chi connectivity index (χ1v) is 8.54. The summed E-state index contributed by atoms with van der Waals surface area (Å²) in [6.07, 6.45) is 2.74. The standard InChI is InChI=1S/C19H25NO4/c1-5-12(4)19(6-2,7-3)11-20-16(21)14-9-8-13(18(23)24)10-15(14)17(20)22/h8-10,12H,5-7,11H2,1-4H3,(H,23,24)/t12-/m0/s1. The lowest BCUT2D eigenvalue weighted by atomic mass is 9.70. The zero-order valence-electron chi connectivity index (χ0n) is 14.8. The van der Waals surface area contributed by atoms with Gasteiger partial charge in [0, 0.05) is 6.54 Å². The first-order valence-electron chi connectivity index (χ1n) is 8.54. The van der Waals surface area contributed by atoms with Crippen LogP contribution >= 0.6 is 0 Å². The van der Waals surface area contributed by atoms with Crippen molar-refractivity contribution >= 4 is 17.8 Å². The number of carboxylic acid groups (broad SMARTS) is 1. The highest BCUT2D eigenvalue weighted by Gasteiger charge is 2.42. The lowest BCUT2D eigenvalue weighted by molar-refractivity contribution is 0.0460. The summed E-state index contributed by atoms with van der Waals surface area (Å²) in [5.74, 6) is -1.42. The van der Waals surface area contributed by atoms with E-state index in [4.69, 9.17) is 5.11 Å². The smallest absolute Gasteiger partial charge is 0.335 e. The van der Waals surface area contributed by atoms with Crippen molar-refractivity contribution in [2.75, 3.05) is 6.54 Å². The summed E-state index contributed by atoms with van der Waals surface area (Å²) < 4.78 is 0. The largest absolute Gasteiger partial charge is 0.478 e. The van der Waals surface area contributed by atoms with E-state index in [2.05, 4.69) is 27.7 Å². The third-order valence-corrected chi connectivity index (χ3v) is 5.76. The van der Waals surface area contributed by atoms with Gasteiger partial charge in [0.25, 0.3) is 11.8 Å². The molecule has 0 saturated carbocycles. The van der Waals surface area contributed by atoms with Gasteiger partial charge in [0.05, 0.1) is 16.7 Å². The van der Waals surface area contributed by atoms with E-state index in [-0.39, 0.29) is 28.4 Å². The van der Waals surface area contributed by atoms with Gasteiger partial charge in [-0.05, 0) is 42.4 Å². The fraction of sp³-hybridized carbons (Fsp3) is 0.526. The molecule has 2 rings (SSSR count). The van der Waals surface area contributed by atoms with Gasteiger partial charge >= 0.3 is 5.97 Å². The molecule has 0 bridgehead atoms. The van der Waals surface area contributed by atoms with Crippen LogP contribution in [-0.4, -0.2) is 34.3 Å². The minimum atomic E-state index is -1.10. The Kier molecular flexibility index (Phi) is 5.11. The highest BCUT2D eigenvalue weighted by molar-refractivity contribution is 6.21. The Morgan fingerprint density at radius 1 is 1.12 bits per heavy atom. The molecule has 5 heteroatoms. The van der Waals surface area contributed by atoms with Crippen LogP contribution in [0.15, 0.2) is 18.2 Å². The number of amides is 2. The Balaban J connectivity index is 2.38. The molecule has 1 aromatic rings. The van der Waals surface area contributed by atoms with E-state index in [0.29, 0.717) is 18.0 Å². The molecule has 1 aliphatic heterocycles. The number of carboxylic acids is 1. The van der Waals surface area contributed by atoms with Gasteiger partial charge in [-0.15, -0.1) is 0 Å². The Morgan fingerprint density at radius 3 is 2.21 bits per heavy atom. The molecule has 0 aliphatic carbocycles. The van der Waals surface area contributed by atoms with Crippen LogP contribution in [0, 0.1) is 11.3 Å². The maximum atomic E-state index is 12.7. The van der Waals surface area contributed by atoms with Gasteiger partial charge in [-0.3, -0.25) is 14.5 Å². The zero-order chi connectivity index (χ0) is 18.1. The van der Waals surface area contributed by atoms with Crippen molar-refractivity contribution in [3.63, 3.8) is 0 Å². The van der Waals surface area contributed by atoms with E-state index >= 15 is 0 Å². The fourth-order valence-electron chi connectivity index (χ4n) is 3.64. The number of rotatable bonds is 7. The van der Waals surface area contributed by atoms with Crippen LogP contribution in [0.3, 0.4) is 0 Å². The van der Waals surface area contributed by atoms with Crippen molar-refractivity contribution in [3.8, 4) is 0 Å². The predicted molar refractivity (Wildman–Crippen MR) is 91.2 cm³/mol. The average Bonchev–Trinajstić information content (AvgIpc) is 2.83. The van der Waals surface area contributed by atoms with Crippen LogP contribution in [0.25, 0.3) is 0 Å². The lowest BCUT2D eigenvalue weighted by Crippen LogP contribution is -2.43. The van der Waals surface area contributed by atoms with Gasteiger partial charge in [0.15, 0.2) is 0 Å². The van der Waals surface area contributed by atoms with Crippen molar-refractivity contribution in [1.82, 2.24) is 4.90 Å². The SMILES string of the molecule is CC[C@H](C)C(CC)(CC)CN1C(=O)c2ccc(C(=O)O)cc2C1=O. The lowest BCUT2D eigenvalue weighted by Gasteiger charge is -2.40. The summed E-state index contributed by atoms with van der Waals surface area (Å²) in [5, 5.41) is 9.09. The number of hydrogen-bond donors (Lipinski definition) is 1. The minimum Gasteiger partial charge on any atom is -0.478 e. The second-order valence-corrected chi connectivity index (χ2v) is 6.64. The first-order chi connectivity index (χ1) is 11.3. The molecule has 0 saturated heterocycles. The van der Waals surface area contributed by atoms with E-state index in [1.54, 1.807) is 0 Å². The molecule has 1 N–H and O–H groups in total. The summed E-state index contributed by atoms with van der Waals surface area (Å²) in [4.78, 5) is 37.8. The summed E-state index contributed by atoms with van der Waals surface area (Å²) in [7, 11) is 0. The number of imide groups is 1. The van der Waals surface area contributed by atoms with Crippen LogP contribution in [0.2, 0.25) is 0 Å². The number of benzene rings is 1. The highest BCUT2D eigenvalue weighted by atomic mass is 16.4. The molecule has 24 heavy (non-hydrogen) atoms. The Morgan fingerprint density at radius 2 is 1.71 bits per heavy atom. The maximum absolute atomic E-state index is 12.7. The molecule has 0 radical (unpaired) electrons. The van der Waals surface area contributed by atoms with Crippen molar-refractivity contribution < 1.29 is 19.5 Å². The summed E-state index contributed by atoms with van der Waals surface area (Å²) >= 11 is 0. The van der Waals surface area contributed by atoms with Crippen LogP contribution < -0.4 is 0 Å². The van der Waals surface area contributed by atoms with Crippen molar-refractivity contribution in [2.45, 2.75) is 47.0 Å². The number of aromatic carboxylic acids is 1. The molecular formula is C19H25NO4. The molecule has 5 nitrogen and oxygen atoms in total. The van der Waals surface area contributed by atoms with Gasteiger partial charge < -0.3 is 5.11 Å². The van der Waals surface area contributed by atoms with E-state index in [9.17, 15) is 14.4 Å². The second kappa shape index (κ2) is 6.75. The molecule has 1 aromatic carbocycles. The average molecular weight is 331 g/mol. The molecule has 130 valence electrons. The van der Waals surface area contributed by atoms with Crippen molar-refractivity contribution in [3.05, 3.63) is 34.9 Å². The number of carbonyl (C=O) groups excluding carboxylic acids is 2. The predicted octanol–water partition coefficient (Wildman–Crippen LogP) is 3.83.